The van der Waals surface area contributed by atoms with Crippen LogP contribution in [0.2, 0.25) is 0 Å². The molecule has 1 aromatic rings. The molecule has 4 nitrogen and oxygen atoms in total. The van der Waals surface area contributed by atoms with E-state index >= 15 is 0 Å². The SMILES string of the molecule is COCCN(CC(=O)O)Cc1ccc(Br)c(F)c1. The van der Waals surface area contributed by atoms with Crippen molar-refractivity contribution >= 4 is 21.9 Å². The monoisotopic (exact) mass is 319 g/mol. The van der Waals surface area contributed by atoms with Gasteiger partial charge in [-0.15, -0.1) is 0 Å². The predicted octanol–water partition coefficient (Wildman–Crippen LogP) is 2.12. The van der Waals surface area contributed by atoms with E-state index in [1.165, 1.54) is 6.07 Å². The third-order valence-corrected chi connectivity index (χ3v) is 3.00. The number of ether oxygens (including phenoxy) is 1. The van der Waals surface area contributed by atoms with Gasteiger partial charge in [0.1, 0.15) is 5.82 Å². The van der Waals surface area contributed by atoms with Crippen molar-refractivity contribution in [3.8, 4) is 0 Å². The lowest BCUT2D eigenvalue weighted by Crippen LogP contribution is -2.32. The average molecular weight is 320 g/mol. The largest absolute Gasteiger partial charge is 0.480 e. The highest BCUT2D eigenvalue weighted by molar-refractivity contribution is 9.10. The minimum Gasteiger partial charge on any atom is -0.480 e. The third kappa shape index (κ3) is 5.12. The fraction of sp³-hybridized carbons (Fsp3) is 0.417. The molecule has 0 saturated carbocycles. The van der Waals surface area contributed by atoms with Gasteiger partial charge in [0.15, 0.2) is 0 Å². The summed E-state index contributed by atoms with van der Waals surface area (Å²) < 4.78 is 18.7. The molecule has 0 unspecified atom stereocenters. The smallest absolute Gasteiger partial charge is 0.317 e. The number of nitrogens with zero attached hydrogens (tertiary/aromatic N) is 1. The Balaban J connectivity index is 2.68. The summed E-state index contributed by atoms with van der Waals surface area (Å²) in [4.78, 5) is 12.4. The molecule has 0 saturated heterocycles. The van der Waals surface area contributed by atoms with Crippen LogP contribution in [0.25, 0.3) is 0 Å². The molecule has 0 amide bonds. The number of carboxylic acids is 1. The van der Waals surface area contributed by atoms with E-state index in [-0.39, 0.29) is 12.4 Å². The molecule has 0 bridgehead atoms. The number of carbonyl (C=O) groups is 1. The van der Waals surface area contributed by atoms with E-state index < -0.39 is 5.97 Å². The highest BCUT2D eigenvalue weighted by Crippen LogP contribution is 2.17. The van der Waals surface area contributed by atoms with Crippen LogP contribution in [-0.4, -0.2) is 42.8 Å². The molecule has 100 valence electrons. The molecular weight excluding hydrogens is 305 g/mol. The number of hydrogen-bond donors (Lipinski definition) is 1. The number of halogens is 2. The van der Waals surface area contributed by atoms with Crippen molar-refractivity contribution in [3.05, 3.63) is 34.1 Å². The van der Waals surface area contributed by atoms with Gasteiger partial charge >= 0.3 is 5.97 Å². The van der Waals surface area contributed by atoms with Crippen LogP contribution in [0, 0.1) is 5.82 Å². The Kier molecular flexibility index (Phi) is 6.24. The van der Waals surface area contributed by atoms with Crippen molar-refractivity contribution in [2.45, 2.75) is 6.54 Å². The van der Waals surface area contributed by atoms with E-state index in [0.29, 0.717) is 24.2 Å². The third-order valence-electron chi connectivity index (χ3n) is 2.36. The summed E-state index contributed by atoms with van der Waals surface area (Å²) in [5.41, 5.74) is 0.730. The van der Waals surface area contributed by atoms with E-state index in [1.807, 2.05) is 0 Å². The fourth-order valence-corrected chi connectivity index (χ4v) is 1.77. The van der Waals surface area contributed by atoms with Gasteiger partial charge in [-0.25, -0.2) is 4.39 Å². The Morgan fingerprint density at radius 1 is 1.56 bits per heavy atom. The molecule has 0 spiro atoms. The number of rotatable bonds is 7. The highest BCUT2D eigenvalue weighted by atomic mass is 79.9. The van der Waals surface area contributed by atoms with Crippen molar-refractivity contribution in [1.82, 2.24) is 4.90 Å². The van der Waals surface area contributed by atoms with Gasteiger partial charge in [0.25, 0.3) is 0 Å². The first-order chi connectivity index (χ1) is 8.52. The Hall–Kier alpha value is -0.980. The molecule has 0 aromatic heterocycles. The van der Waals surface area contributed by atoms with Crippen molar-refractivity contribution in [2.24, 2.45) is 0 Å². The predicted molar refractivity (Wildman–Crippen MR) is 68.9 cm³/mol. The summed E-state index contributed by atoms with van der Waals surface area (Å²) in [5, 5.41) is 8.80. The Morgan fingerprint density at radius 2 is 2.28 bits per heavy atom. The molecule has 1 N–H and O–H groups in total. The maximum Gasteiger partial charge on any atom is 0.317 e. The molecule has 0 radical (unpaired) electrons. The zero-order valence-electron chi connectivity index (χ0n) is 10.0. The maximum absolute atomic E-state index is 13.3. The lowest BCUT2D eigenvalue weighted by Gasteiger charge is -2.19. The van der Waals surface area contributed by atoms with Gasteiger partial charge in [0, 0.05) is 20.2 Å². The molecule has 0 aliphatic heterocycles. The first kappa shape index (κ1) is 15.1. The lowest BCUT2D eigenvalue weighted by atomic mass is 10.2. The number of aliphatic carboxylic acids is 1. The molecule has 0 atom stereocenters. The van der Waals surface area contributed by atoms with Crippen molar-refractivity contribution in [1.29, 1.82) is 0 Å². The van der Waals surface area contributed by atoms with Gasteiger partial charge in [-0.05, 0) is 33.6 Å². The van der Waals surface area contributed by atoms with E-state index in [1.54, 1.807) is 24.1 Å². The van der Waals surface area contributed by atoms with E-state index in [9.17, 15) is 9.18 Å². The van der Waals surface area contributed by atoms with Gasteiger partial charge in [-0.3, -0.25) is 9.69 Å². The zero-order valence-corrected chi connectivity index (χ0v) is 11.6. The molecular formula is C12H15BrFNO3. The summed E-state index contributed by atoms with van der Waals surface area (Å²) >= 11 is 3.08. The van der Waals surface area contributed by atoms with Crippen LogP contribution in [0.3, 0.4) is 0 Å². The van der Waals surface area contributed by atoms with Gasteiger partial charge < -0.3 is 9.84 Å². The van der Waals surface area contributed by atoms with Gasteiger partial charge in [0.05, 0.1) is 17.6 Å². The number of carboxylic acid groups (broad SMARTS) is 1. The molecule has 1 rings (SSSR count). The van der Waals surface area contributed by atoms with Crippen LogP contribution in [0.1, 0.15) is 5.56 Å². The van der Waals surface area contributed by atoms with Crippen LogP contribution < -0.4 is 0 Å². The Labute approximate surface area is 113 Å². The van der Waals surface area contributed by atoms with Gasteiger partial charge in [-0.2, -0.15) is 0 Å². The Morgan fingerprint density at radius 3 is 2.83 bits per heavy atom. The standard InChI is InChI=1S/C12H15BrFNO3/c1-18-5-4-15(8-12(16)17)7-9-2-3-10(13)11(14)6-9/h2-3,6H,4-5,7-8H2,1H3,(H,16,17). The maximum atomic E-state index is 13.3. The number of benzene rings is 1. The summed E-state index contributed by atoms with van der Waals surface area (Å²) in [6.07, 6.45) is 0. The zero-order chi connectivity index (χ0) is 13.5. The topological polar surface area (TPSA) is 49.8 Å². The van der Waals surface area contributed by atoms with Crippen LogP contribution >= 0.6 is 15.9 Å². The average Bonchev–Trinajstić information content (AvgIpc) is 2.30. The van der Waals surface area contributed by atoms with Crippen molar-refractivity contribution in [2.75, 3.05) is 26.8 Å². The highest BCUT2D eigenvalue weighted by Gasteiger charge is 2.11. The number of hydrogen-bond acceptors (Lipinski definition) is 3. The molecule has 0 aliphatic carbocycles. The molecule has 18 heavy (non-hydrogen) atoms. The summed E-state index contributed by atoms with van der Waals surface area (Å²) in [6.45, 7) is 1.20. The molecule has 0 fully saturated rings. The Bertz CT molecular complexity index is 414. The summed E-state index contributed by atoms with van der Waals surface area (Å²) in [7, 11) is 1.55. The quantitative estimate of drug-likeness (QED) is 0.836. The van der Waals surface area contributed by atoms with Crippen LogP contribution in [0.5, 0.6) is 0 Å². The first-order valence-corrected chi connectivity index (χ1v) is 6.19. The van der Waals surface area contributed by atoms with Gasteiger partial charge in [-0.1, -0.05) is 6.07 Å². The minimum atomic E-state index is -0.913. The lowest BCUT2D eigenvalue weighted by molar-refractivity contribution is -0.138. The first-order valence-electron chi connectivity index (χ1n) is 5.40. The molecule has 1 aromatic carbocycles. The van der Waals surface area contributed by atoms with E-state index in [4.69, 9.17) is 9.84 Å². The second-order valence-electron chi connectivity index (χ2n) is 3.85. The number of methoxy groups -OCH3 is 1. The summed E-state index contributed by atoms with van der Waals surface area (Å²) in [5.74, 6) is -1.27. The van der Waals surface area contributed by atoms with Gasteiger partial charge in [0.2, 0.25) is 0 Å². The van der Waals surface area contributed by atoms with E-state index in [0.717, 1.165) is 5.56 Å². The van der Waals surface area contributed by atoms with Crippen LogP contribution in [0.4, 0.5) is 4.39 Å². The van der Waals surface area contributed by atoms with Crippen molar-refractivity contribution < 1.29 is 19.0 Å². The molecule has 0 aliphatic rings. The molecule has 6 heteroatoms. The summed E-state index contributed by atoms with van der Waals surface area (Å²) in [6, 6.07) is 4.76. The normalized spacial score (nSPS) is 10.9. The second kappa shape index (κ2) is 7.45. The van der Waals surface area contributed by atoms with E-state index in [2.05, 4.69) is 15.9 Å². The van der Waals surface area contributed by atoms with Crippen LogP contribution in [0.15, 0.2) is 22.7 Å². The van der Waals surface area contributed by atoms with Crippen molar-refractivity contribution in [3.63, 3.8) is 0 Å². The fourth-order valence-electron chi connectivity index (χ4n) is 1.52. The van der Waals surface area contributed by atoms with Crippen LogP contribution in [-0.2, 0) is 16.1 Å². The second-order valence-corrected chi connectivity index (χ2v) is 4.70. The molecule has 0 heterocycles. The minimum absolute atomic E-state index is 0.0962.